The Bertz CT molecular complexity index is 1680. The molecule has 5 rings (SSSR count). The molecular weight excluding hydrogens is 583 g/mol. The number of rotatable bonds is 11. The number of aliphatic hydroxyl groups is 1. The standard InChI is InChI=1S/C31H30F3N3O7/c1-43-28-13-21(14-29(38)39)7-10-27(28)44-23-11-12-35(17-23)19-30(40,31(32,33)34)25-18-36(16-20-5-3-2-4-6-20)26-15-22(37(41)42)8-9-24(25)26/h2-10,13,15,18,23,40H,11-12,14,16-17,19H2,1H3,(H,38,39)/t23-,30?/m1/s1. The minimum absolute atomic E-state index is 0.0598. The van der Waals surface area contributed by atoms with Crippen molar-refractivity contribution in [1.82, 2.24) is 9.47 Å². The van der Waals surface area contributed by atoms with Crippen molar-refractivity contribution in [2.24, 2.45) is 0 Å². The fourth-order valence-electron chi connectivity index (χ4n) is 5.60. The normalized spacial score (nSPS) is 17.0. The number of alkyl halides is 3. The van der Waals surface area contributed by atoms with Gasteiger partial charge >= 0.3 is 12.1 Å². The van der Waals surface area contributed by atoms with Gasteiger partial charge in [-0.2, -0.15) is 13.2 Å². The number of fused-ring (bicyclic) bond motifs is 1. The molecule has 10 nitrogen and oxygen atoms in total. The van der Waals surface area contributed by atoms with Crippen LogP contribution in [0.25, 0.3) is 10.9 Å². The first kappa shape index (κ1) is 30.8. The van der Waals surface area contributed by atoms with E-state index in [2.05, 4.69) is 0 Å². The van der Waals surface area contributed by atoms with Crippen LogP contribution in [0.4, 0.5) is 18.9 Å². The number of hydrogen-bond acceptors (Lipinski definition) is 7. The van der Waals surface area contributed by atoms with E-state index in [4.69, 9.17) is 14.6 Å². The minimum Gasteiger partial charge on any atom is -0.493 e. The Kier molecular flexibility index (Phi) is 8.53. The van der Waals surface area contributed by atoms with Crippen molar-refractivity contribution in [3.63, 3.8) is 0 Å². The van der Waals surface area contributed by atoms with E-state index in [9.17, 15) is 33.2 Å². The predicted molar refractivity (Wildman–Crippen MR) is 154 cm³/mol. The van der Waals surface area contributed by atoms with Gasteiger partial charge in [0.15, 0.2) is 11.5 Å². The summed E-state index contributed by atoms with van der Waals surface area (Å²) in [6.07, 6.45) is -4.21. The average molecular weight is 614 g/mol. The van der Waals surface area contributed by atoms with E-state index < -0.39 is 40.9 Å². The zero-order chi connectivity index (χ0) is 31.6. The number of nitro benzene ring substituents is 1. The molecule has 232 valence electrons. The molecule has 0 aliphatic carbocycles. The first-order chi connectivity index (χ1) is 20.9. The van der Waals surface area contributed by atoms with Crippen LogP contribution in [0.2, 0.25) is 0 Å². The number of non-ortho nitro benzene ring substituents is 1. The van der Waals surface area contributed by atoms with Crippen LogP contribution in [0, 0.1) is 10.1 Å². The SMILES string of the molecule is COc1cc(CC(=O)O)ccc1O[C@@H]1CCN(CC(O)(c2cn(Cc3ccccc3)c3cc([N+](=O)[O-])ccc23)C(F)(F)F)C1. The summed E-state index contributed by atoms with van der Waals surface area (Å²) in [6.45, 7) is -0.366. The molecule has 2 heterocycles. The molecule has 44 heavy (non-hydrogen) atoms. The van der Waals surface area contributed by atoms with Gasteiger partial charge in [0.25, 0.3) is 5.69 Å². The van der Waals surface area contributed by atoms with Crippen molar-refractivity contribution in [3.05, 3.63) is 99.7 Å². The number of methoxy groups -OCH3 is 1. The molecular formula is C31H30F3N3O7. The van der Waals surface area contributed by atoms with Crippen LogP contribution < -0.4 is 9.47 Å². The molecule has 0 saturated carbocycles. The van der Waals surface area contributed by atoms with Crippen molar-refractivity contribution in [1.29, 1.82) is 0 Å². The Morgan fingerprint density at radius 2 is 1.82 bits per heavy atom. The fraction of sp³-hybridized carbons (Fsp3) is 0.323. The Morgan fingerprint density at radius 1 is 1.07 bits per heavy atom. The summed E-state index contributed by atoms with van der Waals surface area (Å²) >= 11 is 0. The lowest BCUT2D eigenvalue weighted by Crippen LogP contribution is -2.50. The third-order valence-corrected chi connectivity index (χ3v) is 7.75. The number of hydrogen-bond donors (Lipinski definition) is 2. The second-order valence-electron chi connectivity index (χ2n) is 10.8. The van der Waals surface area contributed by atoms with E-state index in [0.717, 1.165) is 11.6 Å². The van der Waals surface area contributed by atoms with Gasteiger partial charge in [-0.3, -0.25) is 19.8 Å². The first-order valence-corrected chi connectivity index (χ1v) is 13.8. The number of aromatic nitrogens is 1. The summed E-state index contributed by atoms with van der Waals surface area (Å²) in [5, 5.41) is 32.1. The monoisotopic (exact) mass is 613 g/mol. The third kappa shape index (κ3) is 6.33. The lowest BCUT2D eigenvalue weighted by atomic mass is 9.92. The Morgan fingerprint density at radius 3 is 2.48 bits per heavy atom. The minimum atomic E-state index is -5.08. The van der Waals surface area contributed by atoms with E-state index in [1.54, 1.807) is 42.5 Å². The number of halogens is 3. The maximum absolute atomic E-state index is 14.8. The Balaban J connectivity index is 1.43. The van der Waals surface area contributed by atoms with Crippen molar-refractivity contribution in [2.75, 3.05) is 26.7 Å². The van der Waals surface area contributed by atoms with Gasteiger partial charge in [0, 0.05) is 55.5 Å². The molecule has 13 heteroatoms. The summed E-state index contributed by atoms with van der Waals surface area (Å²) < 4.78 is 57.2. The maximum atomic E-state index is 14.8. The smallest absolute Gasteiger partial charge is 0.422 e. The van der Waals surface area contributed by atoms with Crippen molar-refractivity contribution in [2.45, 2.75) is 37.3 Å². The van der Waals surface area contributed by atoms with Gasteiger partial charge in [0.1, 0.15) is 6.10 Å². The van der Waals surface area contributed by atoms with E-state index in [-0.39, 0.29) is 42.6 Å². The molecule has 1 aromatic heterocycles. The summed E-state index contributed by atoms with van der Waals surface area (Å²) in [7, 11) is 1.40. The van der Waals surface area contributed by atoms with Gasteiger partial charge in [-0.1, -0.05) is 36.4 Å². The van der Waals surface area contributed by atoms with Gasteiger partial charge < -0.3 is 24.3 Å². The van der Waals surface area contributed by atoms with Crippen LogP contribution in [0.3, 0.4) is 0 Å². The number of carboxylic acids is 1. The number of likely N-dealkylation sites (tertiary alicyclic amines) is 1. The van der Waals surface area contributed by atoms with Crippen molar-refractivity contribution < 1.29 is 42.6 Å². The lowest BCUT2D eigenvalue weighted by molar-refractivity contribution is -0.384. The predicted octanol–water partition coefficient (Wildman–Crippen LogP) is 5.14. The van der Waals surface area contributed by atoms with E-state index >= 15 is 0 Å². The zero-order valence-corrected chi connectivity index (χ0v) is 23.7. The van der Waals surface area contributed by atoms with E-state index in [0.29, 0.717) is 23.5 Å². The number of ether oxygens (including phenoxy) is 2. The molecule has 0 amide bonds. The number of carbonyl (C=O) groups is 1. The number of aliphatic carboxylic acids is 1. The fourth-order valence-corrected chi connectivity index (χ4v) is 5.60. The lowest BCUT2D eigenvalue weighted by Gasteiger charge is -2.34. The van der Waals surface area contributed by atoms with Gasteiger partial charge in [-0.15, -0.1) is 0 Å². The Labute approximate surface area is 250 Å². The highest BCUT2D eigenvalue weighted by Crippen LogP contribution is 2.44. The second kappa shape index (κ2) is 12.2. The molecule has 1 unspecified atom stereocenters. The third-order valence-electron chi connectivity index (χ3n) is 7.75. The van der Waals surface area contributed by atoms with Crippen molar-refractivity contribution in [3.8, 4) is 11.5 Å². The molecule has 3 aromatic carbocycles. The van der Waals surface area contributed by atoms with Crippen molar-refractivity contribution >= 4 is 22.6 Å². The summed E-state index contributed by atoms with van der Waals surface area (Å²) in [6, 6.07) is 17.2. The molecule has 2 atom stereocenters. The largest absolute Gasteiger partial charge is 0.493 e. The first-order valence-electron chi connectivity index (χ1n) is 13.8. The van der Waals surface area contributed by atoms with E-state index in [1.807, 2.05) is 0 Å². The van der Waals surface area contributed by atoms with Gasteiger partial charge in [-0.05, 0) is 35.7 Å². The molecule has 1 saturated heterocycles. The Hall–Kier alpha value is -4.62. The van der Waals surface area contributed by atoms with Crippen LogP contribution in [-0.2, 0) is 23.4 Å². The highest BCUT2D eigenvalue weighted by molar-refractivity contribution is 5.87. The molecule has 0 spiro atoms. The van der Waals surface area contributed by atoms with Gasteiger partial charge in [0.05, 0.1) is 24.0 Å². The second-order valence-corrected chi connectivity index (χ2v) is 10.8. The molecule has 2 N–H and O–H groups in total. The number of carboxylic acid groups (broad SMARTS) is 1. The molecule has 1 aliphatic heterocycles. The van der Waals surface area contributed by atoms with Crippen LogP contribution in [0.1, 0.15) is 23.1 Å². The highest BCUT2D eigenvalue weighted by atomic mass is 19.4. The molecule has 1 aliphatic rings. The summed E-state index contributed by atoms with van der Waals surface area (Å²) in [5.41, 5.74) is -2.51. The number of nitrogens with zero attached hydrogens (tertiary/aromatic N) is 3. The molecule has 1 fully saturated rings. The van der Waals surface area contributed by atoms with Crippen LogP contribution in [0.5, 0.6) is 11.5 Å². The number of nitro groups is 1. The number of β-amino-alcohol motifs (C(OH)–C–C–N with tert-alkyl or cyclic N) is 1. The molecule has 0 bridgehead atoms. The summed E-state index contributed by atoms with van der Waals surface area (Å²) in [5.74, 6) is -0.384. The highest BCUT2D eigenvalue weighted by Gasteiger charge is 2.57. The topological polar surface area (TPSA) is 127 Å². The molecule has 0 radical (unpaired) electrons. The quantitative estimate of drug-likeness (QED) is 0.176. The van der Waals surface area contributed by atoms with Crippen LogP contribution in [0.15, 0.2) is 72.9 Å². The number of benzene rings is 3. The van der Waals surface area contributed by atoms with Crippen LogP contribution >= 0.6 is 0 Å². The molecule has 4 aromatic rings. The van der Waals surface area contributed by atoms with Gasteiger partial charge in [0.2, 0.25) is 5.60 Å². The zero-order valence-electron chi connectivity index (χ0n) is 23.7. The summed E-state index contributed by atoms with van der Waals surface area (Å²) in [4.78, 5) is 23.4. The van der Waals surface area contributed by atoms with Gasteiger partial charge in [-0.25, -0.2) is 0 Å². The van der Waals surface area contributed by atoms with E-state index in [1.165, 1.54) is 41.0 Å². The maximum Gasteiger partial charge on any atom is 0.422 e. The van der Waals surface area contributed by atoms with Crippen LogP contribution in [-0.4, -0.2) is 69.6 Å². The average Bonchev–Trinajstić information content (AvgIpc) is 3.57.